The molecule has 0 spiro atoms. The molecule has 3 aromatic rings. The predicted molar refractivity (Wildman–Crippen MR) is 100 cm³/mol. The SMILES string of the molecule is Cc1cccc(CNC(=O)c2cc(NC(=O)c3cc(F)c(F)cc3Cl)[nH]n2)c1. The van der Waals surface area contributed by atoms with Crippen molar-refractivity contribution >= 4 is 29.2 Å². The van der Waals surface area contributed by atoms with Gasteiger partial charge >= 0.3 is 0 Å². The monoisotopic (exact) mass is 404 g/mol. The van der Waals surface area contributed by atoms with Crippen LogP contribution in [0.3, 0.4) is 0 Å². The van der Waals surface area contributed by atoms with Gasteiger partial charge in [-0.3, -0.25) is 14.7 Å². The number of carbonyl (C=O) groups excluding carboxylic acids is 2. The van der Waals surface area contributed by atoms with E-state index >= 15 is 0 Å². The van der Waals surface area contributed by atoms with Gasteiger partial charge in [-0.1, -0.05) is 41.4 Å². The molecule has 0 atom stereocenters. The van der Waals surface area contributed by atoms with Crippen LogP contribution in [0.4, 0.5) is 14.6 Å². The van der Waals surface area contributed by atoms with E-state index in [9.17, 15) is 18.4 Å². The average Bonchev–Trinajstić information content (AvgIpc) is 3.11. The topological polar surface area (TPSA) is 86.9 Å². The number of aromatic amines is 1. The molecular formula is C19H15ClF2N4O2. The van der Waals surface area contributed by atoms with Gasteiger partial charge in [-0.15, -0.1) is 0 Å². The van der Waals surface area contributed by atoms with Crippen LogP contribution in [-0.4, -0.2) is 22.0 Å². The van der Waals surface area contributed by atoms with E-state index in [2.05, 4.69) is 20.8 Å². The lowest BCUT2D eigenvalue weighted by Gasteiger charge is -2.05. The number of hydrogen-bond donors (Lipinski definition) is 3. The summed E-state index contributed by atoms with van der Waals surface area (Å²) < 4.78 is 26.4. The Kier molecular flexibility index (Phi) is 5.70. The van der Waals surface area contributed by atoms with Crippen molar-refractivity contribution in [1.29, 1.82) is 0 Å². The van der Waals surface area contributed by atoms with Gasteiger partial charge < -0.3 is 10.6 Å². The third-order valence-corrected chi connectivity index (χ3v) is 4.16. The molecule has 3 rings (SSSR count). The maximum atomic E-state index is 13.3. The first-order valence-electron chi connectivity index (χ1n) is 8.18. The first-order valence-corrected chi connectivity index (χ1v) is 8.56. The molecule has 0 aliphatic carbocycles. The van der Waals surface area contributed by atoms with Crippen molar-refractivity contribution in [3.05, 3.63) is 81.5 Å². The minimum atomic E-state index is -1.20. The molecule has 1 heterocycles. The third-order valence-electron chi connectivity index (χ3n) is 3.85. The Bertz CT molecular complexity index is 1050. The zero-order valence-electron chi connectivity index (χ0n) is 14.6. The number of anilines is 1. The van der Waals surface area contributed by atoms with Crippen molar-refractivity contribution in [1.82, 2.24) is 15.5 Å². The Hall–Kier alpha value is -3.26. The fourth-order valence-corrected chi connectivity index (χ4v) is 2.72. The summed E-state index contributed by atoms with van der Waals surface area (Å²) in [6.07, 6.45) is 0. The second-order valence-corrected chi connectivity index (χ2v) is 6.45. The van der Waals surface area contributed by atoms with E-state index in [4.69, 9.17) is 11.6 Å². The van der Waals surface area contributed by atoms with E-state index in [0.717, 1.165) is 11.1 Å². The number of H-pyrrole nitrogens is 1. The maximum Gasteiger partial charge on any atom is 0.272 e. The highest BCUT2D eigenvalue weighted by molar-refractivity contribution is 6.34. The molecule has 0 fully saturated rings. The molecule has 0 aliphatic heterocycles. The molecule has 0 aliphatic rings. The van der Waals surface area contributed by atoms with E-state index in [1.165, 1.54) is 6.07 Å². The number of aryl methyl sites for hydroxylation is 1. The van der Waals surface area contributed by atoms with Crippen molar-refractivity contribution in [3.8, 4) is 0 Å². The summed E-state index contributed by atoms with van der Waals surface area (Å²) in [5.41, 5.74) is 1.82. The number of halogens is 3. The molecule has 2 aromatic carbocycles. The summed E-state index contributed by atoms with van der Waals surface area (Å²) in [5, 5.41) is 11.2. The predicted octanol–water partition coefficient (Wildman–Crippen LogP) is 3.83. The van der Waals surface area contributed by atoms with Gasteiger partial charge in [-0.25, -0.2) is 8.78 Å². The van der Waals surface area contributed by atoms with Gasteiger partial charge in [0.1, 0.15) is 5.82 Å². The molecular weight excluding hydrogens is 390 g/mol. The standard InChI is InChI=1S/C19H15ClF2N4O2/c1-10-3-2-4-11(5-10)9-23-19(28)16-8-17(26-25-16)24-18(27)12-6-14(21)15(22)7-13(12)20/h2-8H,9H2,1H3,(H,23,28)(H2,24,25,26,27). The number of rotatable bonds is 5. The average molecular weight is 405 g/mol. The van der Waals surface area contributed by atoms with Gasteiger partial charge in [0.2, 0.25) is 0 Å². The van der Waals surface area contributed by atoms with E-state index in [1.54, 1.807) is 0 Å². The number of nitrogens with one attached hydrogen (secondary N) is 3. The molecule has 2 amide bonds. The summed E-state index contributed by atoms with van der Waals surface area (Å²) in [7, 11) is 0. The lowest BCUT2D eigenvalue weighted by molar-refractivity contribution is 0.0945. The van der Waals surface area contributed by atoms with Crippen molar-refractivity contribution in [2.45, 2.75) is 13.5 Å². The van der Waals surface area contributed by atoms with Crippen LogP contribution in [0, 0.1) is 18.6 Å². The molecule has 0 radical (unpaired) electrons. The quantitative estimate of drug-likeness (QED) is 0.565. The molecule has 3 N–H and O–H groups in total. The first-order chi connectivity index (χ1) is 13.3. The Morgan fingerprint density at radius 2 is 1.86 bits per heavy atom. The molecule has 0 bridgehead atoms. The third kappa shape index (κ3) is 4.52. The number of hydrogen-bond acceptors (Lipinski definition) is 3. The molecule has 0 saturated carbocycles. The van der Waals surface area contributed by atoms with Crippen LogP contribution in [0.15, 0.2) is 42.5 Å². The van der Waals surface area contributed by atoms with Gasteiger partial charge in [0, 0.05) is 12.6 Å². The van der Waals surface area contributed by atoms with Gasteiger partial charge in [0.05, 0.1) is 10.6 Å². The summed E-state index contributed by atoms with van der Waals surface area (Å²) in [4.78, 5) is 24.4. The van der Waals surface area contributed by atoms with Crippen LogP contribution in [0.5, 0.6) is 0 Å². The minimum absolute atomic E-state index is 0.0549. The van der Waals surface area contributed by atoms with E-state index in [-0.39, 0.29) is 22.1 Å². The number of aromatic nitrogens is 2. The molecule has 0 unspecified atom stereocenters. The van der Waals surface area contributed by atoms with Crippen molar-refractivity contribution in [3.63, 3.8) is 0 Å². The largest absolute Gasteiger partial charge is 0.347 e. The second kappa shape index (κ2) is 8.18. The van der Waals surface area contributed by atoms with Gasteiger partial charge in [-0.2, -0.15) is 5.10 Å². The highest BCUT2D eigenvalue weighted by Gasteiger charge is 2.17. The summed E-state index contributed by atoms with van der Waals surface area (Å²) in [5.74, 6) is -3.47. The van der Waals surface area contributed by atoms with E-state index in [0.29, 0.717) is 18.7 Å². The summed E-state index contributed by atoms with van der Waals surface area (Å²) >= 11 is 5.77. The molecule has 0 saturated heterocycles. The van der Waals surface area contributed by atoms with Gasteiger partial charge in [0.15, 0.2) is 17.3 Å². The normalized spacial score (nSPS) is 10.6. The maximum absolute atomic E-state index is 13.3. The summed E-state index contributed by atoms with van der Waals surface area (Å²) in [6.45, 7) is 2.27. The Morgan fingerprint density at radius 1 is 1.11 bits per heavy atom. The van der Waals surface area contributed by atoms with Crippen LogP contribution in [-0.2, 0) is 6.54 Å². The number of benzene rings is 2. The Balaban J connectivity index is 1.64. The van der Waals surface area contributed by atoms with E-state index in [1.807, 2.05) is 31.2 Å². The lowest BCUT2D eigenvalue weighted by Crippen LogP contribution is -2.23. The smallest absolute Gasteiger partial charge is 0.272 e. The van der Waals surface area contributed by atoms with Crippen LogP contribution in [0.1, 0.15) is 32.0 Å². The lowest BCUT2D eigenvalue weighted by atomic mass is 10.1. The molecule has 9 heteroatoms. The van der Waals surface area contributed by atoms with Crippen LogP contribution >= 0.6 is 11.6 Å². The first kappa shape index (κ1) is 19.5. The van der Waals surface area contributed by atoms with Crippen molar-refractivity contribution in [2.75, 3.05) is 5.32 Å². The molecule has 6 nitrogen and oxygen atoms in total. The number of amides is 2. The molecule has 144 valence electrons. The Morgan fingerprint density at radius 3 is 2.61 bits per heavy atom. The highest BCUT2D eigenvalue weighted by Crippen LogP contribution is 2.21. The zero-order chi connectivity index (χ0) is 20.3. The highest BCUT2D eigenvalue weighted by atomic mass is 35.5. The summed E-state index contributed by atoms with van der Waals surface area (Å²) in [6, 6.07) is 10.4. The van der Waals surface area contributed by atoms with Gasteiger partial charge in [0.25, 0.3) is 11.8 Å². The van der Waals surface area contributed by atoms with Gasteiger partial charge in [-0.05, 0) is 24.6 Å². The van der Waals surface area contributed by atoms with Crippen LogP contribution < -0.4 is 10.6 Å². The van der Waals surface area contributed by atoms with Crippen molar-refractivity contribution in [2.24, 2.45) is 0 Å². The number of carbonyl (C=O) groups is 2. The van der Waals surface area contributed by atoms with Crippen LogP contribution in [0.2, 0.25) is 5.02 Å². The number of nitrogens with zero attached hydrogens (tertiary/aromatic N) is 1. The Labute approximate surface area is 163 Å². The molecule has 28 heavy (non-hydrogen) atoms. The second-order valence-electron chi connectivity index (χ2n) is 6.04. The fourth-order valence-electron chi connectivity index (χ4n) is 2.48. The fraction of sp³-hybridized carbons (Fsp3) is 0.105. The van der Waals surface area contributed by atoms with Crippen LogP contribution in [0.25, 0.3) is 0 Å². The van der Waals surface area contributed by atoms with E-state index < -0.39 is 23.4 Å². The van der Waals surface area contributed by atoms with Crippen molar-refractivity contribution < 1.29 is 18.4 Å². The molecule has 1 aromatic heterocycles. The zero-order valence-corrected chi connectivity index (χ0v) is 15.4. The minimum Gasteiger partial charge on any atom is -0.347 e.